The summed E-state index contributed by atoms with van der Waals surface area (Å²) < 4.78 is 0.891. The van der Waals surface area contributed by atoms with E-state index in [0.717, 1.165) is 10.0 Å². The molecule has 1 fully saturated rings. The van der Waals surface area contributed by atoms with E-state index in [-0.39, 0.29) is 12.5 Å². The monoisotopic (exact) mass is 383 g/mol. The molecular weight excluding hydrogens is 370 g/mol. The zero-order chi connectivity index (χ0) is 17.3. The fraction of sp³-hybridized carbons (Fsp3) is 0.167. The maximum Gasteiger partial charge on any atom is 0.325 e. The molecule has 2 aromatic carbocycles. The second kappa shape index (κ2) is 6.10. The lowest BCUT2D eigenvalue weighted by atomic mass is 9.91. The molecule has 0 aromatic heterocycles. The van der Waals surface area contributed by atoms with Gasteiger partial charge in [0.1, 0.15) is 5.54 Å². The number of carbonyl (C=O) groups is 2. The molecule has 1 heterocycles. The van der Waals surface area contributed by atoms with E-state index in [1.54, 1.807) is 31.2 Å². The van der Waals surface area contributed by atoms with Gasteiger partial charge in [-0.3, -0.25) is 9.69 Å². The van der Waals surface area contributed by atoms with Crippen LogP contribution < -0.4 is 5.32 Å². The molecule has 120 valence electrons. The molecule has 0 aliphatic carbocycles. The molecule has 1 N–H and O–H groups in total. The zero-order valence-corrected chi connectivity index (χ0v) is 14.5. The van der Waals surface area contributed by atoms with Gasteiger partial charge in [0.2, 0.25) is 0 Å². The highest BCUT2D eigenvalue weighted by Crippen LogP contribution is 2.30. The third-order valence-electron chi connectivity index (χ3n) is 4.10. The summed E-state index contributed by atoms with van der Waals surface area (Å²) >= 11 is 3.38. The first-order valence-electron chi connectivity index (χ1n) is 7.33. The highest BCUT2D eigenvalue weighted by molar-refractivity contribution is 9.10. The number of hydrogen-bond donors (Lipinski definition) is 1. The highest BCUT2D eigenvalue weighted by Gasteiger charge is 2.48. The summed E-state index contributed by atoms with van der Waals surface area (Å²) in [5.41, 5.74) is 0.885. The molecule has 24 heavy (non-hydrogen) atoms. The van der Waals surface area contributed by atoms with Gasteiger partial charge in [-0.15, -0.1) is 0 Å². The van der Waals surface area contributed by atoms with Crippen LogP contribution in [0.2, 0.25) is 0 Å². The van der Waals surface area contributed by atoms with Crippen molar-refractivity contribution in [2.75, 3.05) is 0 Å². The van der Waals surface area contributed by atoms with Crippen LogP contribution in [0.4, 0.5) is 4.79 Å². The van der Waals surface area contributed by atoms with Gasteiger partial charge >= 0.3 is 6.03 Å². The van der Waals surface area contributed by atoms with Crippen LogP contribution in [0.1, 0.15) is 23.6 Å². The summed E-state index contributed by atoms with van der Waals surface area (Å²) in [4.78, 5) is 26.4. The van der Waals surface area contributed by atoms with Gasteiger partial charge in [-0.1, -0.05) is 40.2 Å². The minimum Gasteiger partial charge on any atom is -0.319 e. The van der Waals surface area contributed by atoms with E-state index in [1.165, 1.54) is 4.90 Å². The SMILES string of the molecule is C[C@@]1(c2ccc(C#N)cc2)NC(=O)N(Cc2cccc(Br)c2)C1=O. The average Bonchev–Trinajstić information content (AvgIpc) is 2.79. The van der Waals surface area contributed by atoms with Crippen molar-refractivity contribution >= 4 is 27.9 Å². The number of amides is 3. The highest BCUT2D eigenvalue weighted by atomic mass is 79.9. The van der Waals surface area contributed by atoms with E-state index in [1.807, 2.05) is 30.3 Å². The number of carbonyl (C=O) groups excluding carboxylic acids is 2. The Balaban J connectivity index is 1.88. The van der Waals surface area contributed by atoms with Gasteiger partial charge in [-0.25, -0.2) is 4.79 Å². The lowest BCUT2D eigenvalue weighted by Gasteiger charge is -2.22. The Labute approximate surface area is 148 Å². The number of nitriles is 1. The Morgan fingerprint density at radius 3 is 2.54 bits per heavy atom. The van der Waals surface area contributed by atoms with E-state index in [9.17, 15) is 9.59 Å². The Kier molecular flexibility index (Phi) is 4.12. The van der Waals surface area contributed by atoms with Crippen LogP contribution in [0.15, 0.2) is 53.0 Å². The molecule has 1 saturated heterocycles. The zero-order valence-electron chi connectivity index (χ0n) is 12.9. The summed E-state index contributed by atoms with van der Waals surface area (Å²) in [7, 11) is 0. The van der Waals surface area contributed by atoms with Crippen molar-refractivity contribution < 1.29 is 9.59 Å². The molecule has 5 nitrogen and oxygen atoms in total. The summed E-state index contributed by atoms with van der Waals surface area (Å²) in [6.07, 6.45) is 0. The summed E-state index contributed by atoms with van der Waals surface area (Å²) in [5.74, 6) is -0.308. The summed E-state index contributed by atoms with van der Waals surface area (Å²) in [5, 5.41) is 11.6. The molecule has 3 amide bonds. The maximum atomic E-state index is 12.8. The van der Waals surface area contributed by atoms with Gasteiger partial charge < -0.3 is 5.32 Å². The fourth-order valence-corrected chi connectivity index (χ4v) is 3.18. The van der Waals surface area contributed by atoms with E-state index >= 15 is 0 Å². The van der Waals surface area contributed by atoms with Crippen molar-refractivity contribution in [1.82, 2.24) is 10.2 Å². The van der Waals surface area contributed by atoms with Gasteiger partial charge in [0.25, 0.3) is 5.91 Å². The molecule has 0 unspecified atom stereocenters. The van der Waals surface area contributed by atoms with Gasteiger partial charge in [-0.05, 0) is 42.3 Å². The summed E-state index contributed by atoms with van der Waals surface area (Å²) in [6, 6.07) is 15.8. The molecular formula is C18H14BrN3O2. The number of imide groups is 1. The minimum atomic E-state index is -1.13. The third kappa shape index (κ3) is 2.79. The standard InChI is InChI=1S/C18H14BrN3O2/c1-18(14-7-5-12(10-20)6-8-14)16(23)22(17(24)21-18)11-13-3-2-4-15(19)9-13/h2-9H,11H2,1H3,(H,21,24)/t18-/m0/s1. The Hall–Kier alpha value is -2.65. The smallest absolute Gasteiger partial charge is 0.319 e. The maximum absolute atomic E-state index is 12.8. The van der Waals surface area contributed by atoms with E-state index < -0.39 is 11.6 Å². The quantitative estimate of drug-likeness (QED) is 0.826. The van der Waals surface area contributed by atoms with Gasteiger partial charge in [-0.2, -0.15) is 5.26 Å². The molecule has 0 bridgehead atoms. The second-order valence-electron chi connectivity index (χ2n) is 5.77. The van der Waals surface area contributed by atoms with Gasteiger partial charge in [0.15, 0.2) is 0 Å². The van der Waals surface area contributed by atoms with Crippen LogP contribution in [0.5, 0.6) is 0 Å². The lowest BCUT2D eigenvalue weighted by molar-refractivity contribution is -0.131. The van der Waals surface area contributed by atoms with Crippen molar-refractivity contribution in [3.63, 3.8) is 0 Å². The first-order chi connectivity index (χ1) is 11.4. The fourth-order valence-electron chi connectivity index (χ4n) is 2.73. The van der Waals surface area contributed by atoms with Crippen molar-refractivity contribution in [1.29, 1.82) is 5.26 Å². The Morgan fingerprint density at radius 2 is 1.92 bits per heavy atom. The predicted octanol–water partition coefficient (Wildman–Crippen LogP) is 3.29. The van der Waals surface area contributed by atoms with Crippen LogP contribution in [-0.4, -0.2) is 16.8 Å². The number of halogens is 1. The molecule has 1 atom stereocenters. The average molecular weight is 384 g/mol. The summed E-state index contributed by atoms with van der Waals surface area (Å²) in [6.45, 7) is 1.88. The van der Waals surface area contributed by atoms with Crippen molar-refractivity contribution in [3.8, 4) is 6.07 Å². The minimum absolute atomic E-state index is 0.204. The van der Waals surface area contributed by atoms with Crippen LogP contribution in [0, 0.1) is 11.3 Å². The van der Waals surface area contributed by atoms with Crippen molar-refractivity contribution in [2.24, 2.45) is 0 Å². The van der Waals surface area contributed by atoms with Crippen molar-refractivity contribution in [3.05, 3.63) is 69.7 Å². The molecule has 1 aliphatic rings. The number of benzene rings is 2. The largest absolute Gasteiger partial charge is 0.325 e. The van der Waals surface area contributed by atoms with Crippen LogP contribution in [0.25, 0.3) is 0 Å². The van der Waals surface area contributed by atoms with E-state index in [4.69, 9.17) is 5.26 Å². The Morgan fingerprint density at radius 1 is 1.21 bits per heavy atom. The molecule has 0 saturated carbocycles. The first-order valence-corrected chi connectivity index (χ1v) is 8.12. The number of rotatable bonds is 3. The predicted molar refractivity (Wildman–Crippen MR) is 91.7 cm³/mol. The van der Waals surface area contributed by atoms with Crippen LogP contribution in [0.3, 0.4) is 0 Å². The van der Waals surface area contributed by atoms with Crippen molar-refractivity contribution in [2.45, 2.75) is 19.0 Å². The first kappa shape index (κ1) is 16.2. The Bertz CT molecular complexity index is 857. The van der Waals surface area contributed by atoms with E-state index in [2.05, 4.69) is 21.2 Å². The lowest BCUT2D eigenvalue weighted by Crippen LogP contribution is -2.40. The number of urea groups is 1. The topological polar surface area (TPSA) is 73.2 Å². The second-order valence-corrected chi connectivity index (χ2v) is 6.68. The normalized spacial score (nSPS) is 20.0. The van der Waals surface area contributed by atoms with Gasteiger partial charge in [0.05, 0.1) is 18.2 Å². The molecule has 6 heteroatoms. The number of nitrogens with zero attached hydrogens (tertiary/aromatic N) is 2. The third-order valence-corrected chi connectivity index (χ3v) is 4.59. The molecule has 2 aromatic rings. The molecule has 3 rings (SSSR count). The molecule has 0 spiro atoms. The van der Waals surface area contributed by atoms with Crippen LogP contribution in [-0.2, 0) is 16.9 Å². The molecule has 1 aliphatic heterocycles. The number of nitrogens with one attached hydrogen (secondary N) is 1. The van der Waals surface area contributed by atoms with E-state index in [0.29, 0.717) is 11.1 Å². The number of hydrogen-bond acceptors (Lipinski definition) is 3. The van der Waals surface area contributed by atoms with Crippen LogP contribution >= 0.6 is 15.9 Å². The van der Waals surface area contributed by atoms with Gasteiger partial charge in [0, 0.05) is 4.47 Å². The molecule has 0 radical (unpaired) electrons.